The molecule has 0 aromatic heterocycles. The molecular formula is C30H36N2O3. The van der Waals surface area contributed by atoms with Crippen molar-refractivity contribution in [1.82, 2.24) is 10.2 Å². The van der Waals surface area contributed by atoms with Gasteiger partial charge in [0.2, 0.25) is 11.8 Å². The number of hydrogen-bond donors (Lipinski definition) is 1. The average Bonchev–Trinajstić information content (AvgIpc) is 2.86. The van der Waals surface area contributed by atoms with Crippen molar-refractivity contribution in [3.8, 4) is 5.75 Å². The molecular weight excluding hydrogens is 436 g/mol. The number of nitrogens with zero attached hydrogens (tertiary/aromatic N) is 1. The van der Waals surface area contributed by atoms with Crippen LogP contribution in [0.5, 0.6) is 5.75 Å². The third-order valence-electron chi connectivity index (χ3n) is 6.05. The molecule has 0 aliphatic heterocycles. The van der Waals surface area contributed by atoms with Gasteiger partial charge < -0.3 is 15.0 Å². The summed E-state index contributed by atoms with van der Waals surface area (Å²) < 4.78 is 5.39. The van der Waals surface area contributed by atoms with Crippen LogP contribution in [0.2, 0.25) is 0 Å². The quantitative estimate of drug-likeness (QED) is 0.429. The molecule has 1 atom stereocenters. The molecule has 2 amide bonds. The van der Waals surface area contributed by atoms with Crippen molar-refractivity contribution in [2.45, 2.75) is 46.2 Å². The smallest absolute Gasteiger partial charge is 0.243 e. The molecule has 3 aromatic carbocycles. The highest BCUT2D eigenvalue weighted by molar-refractivity contribution is 5.89. The van der Waals surface area contributed by atoms with E-state index in [2.05, 4.69) is 19.2 Å². The van der Waals surface area contributed by atoms with Gasteiger partial charge in [0.15, 0.2) is 0 Å². The van der Waals surface area contributed by atoms with E-state index in [1.807, 2.05) is 85.8 Å². The first-order valence-corrected chi connectivity index (χ1v) is 12.2. The Morgan fingerprint density at radius 1 is 0.914 bits per heavy atom. The minimum Gasteiger partial charge on any atom is -0.497 e. The Hall–Kier alpha value is -3.60. The van der Waals surface area contributed by atoms with Gasteiger partial charge in [0.05, 0.1) is 13.5 Å². The molecule has 3 rings (SSSR count). The Kier molecular flexibility index (Phi) is 9.47. The van der Waals surface area contributed by atoms with Crippen molar-refractivity contribution in [2.24, 2.45) is 5.92 Å². The molecule has 5 nitrogen and oxygen atoms in total. The Balaban J connectivity index is 1.98. The topological polar surface area (TPSA) is 58.6 Å². The number of amides is 2. The van der Waals surface area contributed by atoms with E-state index in [1.54, 1.807) is 12.0 Å². The molecule has 5 heteroatoms. The highest BCUT2D eigenvalue weighted by Crippen LogP contribution is 2.20. The zero-order chi connectivity index (χ0) is 25.2. The molecule has 0 saturated carbocycles. The zero-order valence-corrected chi connectivity index (χ0v) is 21.2. The van der Waals surface area contributed by atoms with Crippen LogP contribution in [0.4, 0.5) is 0 Å². The van der Waals surface area contributed by atoms with Crippen LogP contribution in [-0.4, -0.2) is 36.4 Å². The summed E-state index contributed by atoms with van der Waals surface area (Å²) in [5.41, 5.74) is 3.95. The second-order valence-electron chi connectivity index (χ2n) is 9.32. The maximum Gasteiger partial charge on any atom is 0.243 e. The van der Waals surface area contributed by atoms with Crippen LogP contribution < -0.4 is 10.1 Å². The SMILES string of the molecule is COc1cccc(CN(C(=O)Cc2ccccc2C)[C@H](Cc2ccccc2)C(=O)NCC(C)C)c1. The van der Waals surface area contributed by atoms with Crippen molar-refractivity contribution >= 4 is 11.8 Å². The Morgan fingerprint density at radius 3 is 2.29 bits per heavy atom. The number of carbonyl (C=O) groups is 2. The van der Waals surface area contributed by atoms with Gasteiger partial charge in [0, 0.05) is 19.5 Å². The maximum absolute atomic E-state index is 13.8. The van der Waals surface area contributed by atoms with Crippen LogP contribution in [0.25, 0.3) is 0 Å². The summed E-state index contributed by atoms with van der Waals surface area (Å²) in [5, 5.41) is 3.06. The molecule has 0 unspecified atom stereocenters. The fraction of sp³-hybridized carbons (Fsp3) is 0.333. The largest absolute Gasteiger partial charge is 0.497 e. The molecule has 0 radical (unpaired) electrons. The summed E-state index contributed by atoms with van der Waals surface area (Å²) in [4.78, 5) is 29.0. The number of methoxy groups -OCH3 is 1. The molecule has 0 aliphatic rings. The van der Waals surface area contributed by atoms with E-state index in [1.165, 1.54) is 0 Å². The minimum atomic E-state index is -0.640. The van der Waals surface area contributed by atoms with Gasteiger partial charge in [0.25, 0.3) is 0 Å². The number of benzene rings is 3. The predicted octanol–water partition coefficient (Wildman–Crippen LogP) is 4.96. The van der Waals surface area contributed by atoms with Gasteiger partial charge in [-0.1, -0.05) is 80.6 Å². The maximum atomic E-state index is 13.8. The van der Waals surface area contributed by atoms with Gasteiger partial charge >= 0.3 is 0 Å². The molecule has 0 spiro atoms. The molecule has 0 aliphatic carbocycles. The number of ether oxygens (including phenoxy) is 1. The summed E-state index contributed by atoms with van der Waals surface area (Å²) in [6.07, 6.45) is 0.674. The fourth-order valence-electron chi connectivity index (χ4n) is 4.02. The normalized spacial score (nSPS) is 11.7. The lowest BCUT2D eigenvalue weighted by atomic mass is 10.00. The van der Waals surface area contributed by atoms with E-state index in [9.17, 15) is 9.59 Å². The average molecular weight is 473 g/mol. The number of aryl methyl sites for hydroxylation is 1. The van der Waals surface area contributed by atoms with Gasteiger partial charge in [0.1, 0.15) is 11.8 Å². The minimum absolute atomic E-state index is 0.0808. The van der Waals surface area contributed by atoms with Crippen LogP contribution >= 0.6 is 0 Å². The summed E-state index contributed by atoms with van der Waals surface area (Å²) in [6.45, 7) is 7.00. The van der Waals surface area contributed by atoms with E-state index < -0.39 is 6.04 Å². The summed E-state index contributed by atoms with van der Waals surface area (Å²) in [6, 6.07) is 24.8. The number of carbonyl (C=O) groups excluding carboxylic acids is 2. The second kappa shape index (κ2) is 12.7. The molecule has 35 heavy (non-hydrogen) atoms. The van der Waals surface area contributed by atoms with Crippen LogP contribution in [0.3, 0.4) is 0 Å². The van der Waals surface area contributed by atoms with Crippen molar-refractivity contribution < 1.29 is 14.3 Å². The lowest BCUT2D eigenvalue weighted by molar-refractivity contribution is -0.140. The third kappa shape index (κ3) is 7.71. The van der Waals surface area contributed by atoms with Crippen LogP contribution in [0.15, 0.2) is 78.9 Å². The first kappa shape index (κ1) is 26.0. The predicted molar refractivity (Wildman–Crippen MR) is 140 cm³/mol. The molecule has 3 aromatic rings. The standard InChI is InChI=1S/C30H36N2O3/c1-22(2)20-31-30(34)28(18-24-12-6-5-7-13-24)32(21-25-14-10-16-27(17-25)35-4)29(33)19-26-15-9-8-11-23(26)3/h5-17,22,28H,18-21H2,1-4H3,(H,31,34)/t28-/m1/s1. The summed E-state index contributed by atoms with van der Waals surface area (Å²) >= 11 is 0. The van der Waals surface area contributed by atoms with Crippen LogP contribution in [-0.2, 0) is 29.0 Å². The van der Waals surface area contributed by atoms with Crippen molar-refractivity contribution in [3.63, 3.8) is 0 Å². The van der Waals surface area contributed by atoms with Gasteiger partial charge in [-0.25, -0.2) is 0 Å². The van der Waals surface area contributed by atoms with Crippen molar-refractivity contribution in [3.05, 3.63) is 101 Å². The van der Waals surface area contributed by atoms with Crippen LogP contribution in [0.1, 0.15) is 36.1 Å². The molecule has 0 heterocycles. The fourth-order valence-corrected chi connectivity index (χ4v) is 4.02. The second-order valence-corrected chi connectivity index (χ2v) is 9.32. The van der Waals surface area contributed by atoms with Gasteiger partial charge in [-0.3, -0.25) is 9.59 Å². The van der Waals surface area contributed by atoms with Crippen molar-refractivity contribution in [1.29, 1.82) is 0 Å². The molecule has 0 bridgehead atoms. The van der Waals surface area contributed by atoms with E-state index in [-0.39, 0.29) is 18.2 Å². The molecule has 0 saturated heterocycles. The molecule has 0 fully saturated rings. The third-order valence-corrected chi connectivity index (χ3v) is 6.05. The van der Waals surface area contributed by atoms with Gasteiger partial charge in [-0.15, -0.1) is 0 Å². The van der Waals surface area contributed by atoms with Gasteiger partial charge in [-0.05, 0) is 47.2 Å². The van der Waals surface area contributed by atoms with E-state index in [4.69, 9.17) is 4.74 Å². The molecule has 184 valence electrons. The van der Waals surface area contributed by atoms with E-state index in [0.29, 0.717) is 25.4 Å². The van der Waals surface area contributed by atoms with Crippen molar-refractivity contribution in [2.75, 3.05) is 13.7 Å². The zero-order valence-electron chi connectivity index (χ0n) is 21.2. The first-order valence-electron chi connectivity index (χ1n) is 12.2. The highest BCUT2D eigenvalue weighted by atomic mass is 16.5. The monoisotopic (exact) mass is 472 g/mol. The Labute approximate surface area is 209 Å². The lowest BCUT2D eigenvalue weighted by Crippen LogP contribution is -2.51. The number of hydrogen-bond acceptors (Lipinski definition) is 3. The van der Waals surface area contributed by atoms with E-state index >= 15 is 0 Å². The number of nitrogens with one attached hydrogen (secondary N) is 1. The summed E-state index contributed by atoms with van der Waals surface area (Å²) in [7, 11) is 1.62. The Morgan fingerprint density at radius 2 is 1.60 bits per heavy atom. The highest BCUT2D eigenvalue weighted by Gasteiger charge is 2.30. The number of rotatable bonds is 11. The van der Waals surface area contributed by atoms with E-state index in [0.717, 1.165) is 28.0 Å². The Bertz CT molecular complexity index is 1110. The summed E-state index contributed by atoms with van der Waals surface area (Å²) in [5.74, 6) is 0.815. The lowest BCUT2D eigenvalue weighted by Gasteiger charge is -2.32. The van der Waals surface area contributed by atoms with Gasteiger partial charge in [-0.2, -0.15) is 0 Å². The molecule has 1 N–H and O–H groups in total. The van der Waals surface area contributed by atoms with Crippen LogP contribution in [0, 0.1) is 12.8 Å². The first-order chi connectivity index (χ1) is 16.9.